The number of esters is 1. The van der Waals surface area contributed by atoms with Gasteiger partial charge in [-0.15, -0.1) is 0 Å². The molecule has 4 aromatic carbocycles. The Hall–Kier alpha value is -3.82. The van der Waals surface area contributed by atoms with Gasteiger partial charge in [0, 0.05) is 4.92 Å². The van der Waals surface area contributed by atoms with Gasteiger partial charge >= 0.3 is 5.97 Å². The number of rotatable bonds is 9. The van der Waals surface area contributed by atoms with Crippen molar-refractivity contribution in [1.82, 2.24) is 0 Å². The van der Waals surface area contributed by atoms with E-state index in [1.807, 2.05) is 121 Å². The third-order valence-electron chi connectivity index (χ3n) is 6.30. The van der Waals surface area contributed by atoms with Crippen LogP contribution in [0, 0.1) is 10.1 Å². The van der Waals surface area contributed by atoms with Crippen LogP contribution in [0.25, 0.3) is 0 Å². The highest BCUT2D eigenvalue weighted by molar-refractivity contribution is 7.96. The van der Waals surface area contributed by atoms with Gasteiger partial charge in [0.2, 0.25) is 6.54 Å². The first-order valence-electron chi connectivity index (χ1n) is 11.4. The van der Waals surface area contributed by atoms with Crippen molar-refractivity contribution in [3.8, 4) is 0 Å². The predicted molar refractivity (Wildman–Crippen MR) is 142 cm³/mol. The zero-order chi connectivity index (χ0) is 24.7. The molecule has 0 radical (unpaired) electrons. The average molecular weight is 485 g/mol. The second-order valence-corrected chi connectivity index (χ2v) is 11.8. The Balaban J connectivity index is 2.14. The Morgan fingerprint density at radius 1 is 0.743 bits per heavy atom. The number of benzene rings is 4. The van der Waals surface area contributed by atoms with Gasteiger partial charge in [-0.1, -0.05) is 84.9 Å². The molecule has 0 aliphatic heterocycles. The van der Waals surface area contributed by atoms with Gasteiger partial charge in [-0.05, 0) is 42.0 Å². The molecular weight excluding hydrogens is 457 g/mol. The molecule has 0 saturated carbocycles. The van der Waals surface area contributed by atoms with Crippen molar-refractivity contribution >= 4 is 29.1 Å². The van der Waals surface area contributed by atoms with Gasteiger partial charge in [0.15, 0.2) is 5.66 Å². The summed E-state index contributed by atoms with van der Waals surface area (Å²) in [6.07, 6.45) is 0. The van der Waals surface area contributed by atoms with Gasteiger partial charge in [-0.3, -0.25) is 10.1 Å². The minimum atomic E-state index is -2.79. The molecule has 0 unspecified atom stereocenters. The first kappa shape index (κ1) is 24.3. The number of methoxy groups -OCH3 is 1. The summed E-state index contributed by atoms with van der Waals surface area (Å²) < 4.78 is 5.43. The largest absolute Gasteiger partial charge is 0.466 e. The van der Waals surface area contributed by atoms with Crippen molar-refractivity contribution in [2.75, 3.05) is 13.7 Å². The summed E-state index contributed by atoms with van der Waals surface area (Å²) in [5.74, 6) is -1.15. The molecule has 0 aliphatic carbocycles. The molecule has 4 aromatic rings. The maximum absolute atomic E-state index is 13.9. The summed E-state index contributed by atoms with van der Waals surface area (Å²) in [5.41, 5.74) is -0.0701. The topological polar surface area (TPSA) is 69.4 Å². The van der Waals surface area contributed by atoms with E-state index >= 15 is 0 Å². The van der Waals surface area contributed by atoms with Crippen molar-refractivity contribution in [1.29, 1.82) is 0 Å². The Bertz CT molecular complexity index is 1150. The van der Waals surface area contributed by atoms with E-state index in [0.29, 0.717) is 0 Å². The van der Waals surface area contributed by atoms with Crippen LogP contribution >= 0.6 is 7.26 Å². The second-order valence-electron chi connectivity index (χ2n) is 8.23. The molecule has 0 bridgehead atoms. The molecule has 0 amide bonds. The van der Waals surface area contributed by atoms with E-state index in [1.54, 1.807) is 0 Å². The number of carbonyl (C=O) groups is 1. The number of carbonyl (C=O) groups excluding carboxylic acids is 1. The molecule has 0 spiro atoms. The van der Waals surface area contributed by atoms with Crippen LogP contribution in [0.4, 0.5) is 0 Å². The van der Waals surface area contributed by atoms with Gasteiger partial charge in [-0.25, -0.2) is 4.79 Å². The summed E-state index contributed by atoms with van der Waals surface area (Å²) >= 11 is 0. The highest BCUT2D eigenvalue weighted by Crippen LogP contribution is 2.63. The molecule has 0 N–H and O–H groups in total. The fourth-order valence-corrected chi connectivity index (χ4v) is 9.89. The maximum Gasteiger partial charge on any atom is 0.348 e. The average Bonchev–Trinajstić information content (AvgIpc) is 2.92. The van der Waals surface area contributed by atoms with Crippen LogP contribution in [0.1, 0.15) is 11.5 Å². The van der Waals surface area contributed by atoms with E-state index in [2.05, 4.69) is 0 Å². The molecule has 6 heteroatoms. The number of nitro groups is 1. The van der Waals surface area contributed by atoms with Crippen molar-refractivity contribution in [3.05, 3.63) is 137 Å². The lowest BCUT2D eigenvalue weighted by molar-refractivity contribution is -0.483. The summed E-state index contributed by atoms with van der Waals surface area (Å²) in [6.45, 7) is -0.391. The third-order valence-corrected chi connectivity index (χ3v) is 11.0. The quantitative estimate of drug-likeness (QED) is 0.151. The smallest absolute Gasteiger partial charge is 0.348 e. The van der Waals surface area contributed by atoms with E-state index in [1.165, 1.54) is 7.11 Å². The zero-order valence-corrected chi connectivity index (χ0v) is 20.3. The highest BCUT2D eigenvalue weighted by atomic mass is 31.2. The lowest BCUT2D eigenvalue weighted by atomic mass is 9.95. The standard InChI is InChI=1S/C29H27NO4P/c1-34-29(31)28(27(22-30(32)33)23-14-6-2-7-15-23)35(24-16-8-3-9-17-24,25-18-10-4-11-19-25)26-20-12-5-13-21-26/h2-21,27-28H,22H2,1H3/q+1/t27-,28-/m0/s1. The normalized spacial score (nSPS) is 12.9. The van der Waals surface area contributed by atoms with Gasteiger partial charge in [0.05, 0.1) is 13.0 Å². The molecule has 35 heavy (non-hydrogen) atoms. The Labute approximate surface area is 205 Å². The van der Waals surface area contributed by atoms with Crippen molar-refractivity contribution in [2.45, 2.75) is 11.6 Å². The number of ether oxygens (including phenoxy) is 1. The van der Waals surface area contributed by atoms with Crippen LogP contribution in [-0.4, -0.2) is 30.2 Å². The van der Waals surface area contributed by atoms with Gasteiger partial charge in [0.25, 0.3) is 0 Å². The zero-order valence-electron chi connectivity index (χ0n) is 19.4. The van der Waals surface area contributed by atoms with Crippen LogP contribution in [-0.2, 0) is 9.53 Å². The fraction of sp³-hybridized carbons (Fsp3) is 0.138. The minimum Gasteiger partial charge on any atom is -0.466 e. The van der Waals surface area contributed by atoms with Crippen LogP contribution < -0.4 is 15.9 Å². The van der Waals surface area contributed by atoms with Gasteiger partial charge in [0.1, 0.15) is 23.2 Å². The number of hydrogen-bond donors (Lipinski definition) is 0. The molecule has 0 aliphatic rings. The van der Waals surface area contributed by atoms with E-state index in [9.17, 15) is 14.9 Å². The maximum atomic E-state index is 13.9. The van der Waals surface area contributed by atoms with E-state index in [4.69, 9.17) is 4.74 Å². The molecule has 0 fully saturated rings. The molecule has 0 saturated heterocycles. The summed E-state index contributed by atoms with van der Waals surface area (Å²) in [4.78, 5) is 25.5. The summed E-state index contributed by atoms with van der Waals surface area (Å²) in [6, 6.07) is 39.0. The van der Waals surface area contributed by atoms with E-state index < -0.39 is 31.4 Å². The molecular formula is C29H27NO4P+. The van der Waals surface area contributed by atoms with Crippen LogP contribution in [0.3, 0.4) is 0 Å². The molecule has 4 rings (SSSR count). The predicted octanol–water partition coefficient (Wildman–Crippen LogP) is 4.58. The first-order chi connectivity index (χ1) is 17.1. The first-order valence-corrected chi connectivity index (χ1v) is 13.2. The van der Waals surface area contributed by atoms with E-state index in [-0.39, 0.29) is 4.92 Å². The van der Waals surface area contributed by atoms with Crippen LogP contribution in [0.15, 0.2) is 121 Å². The third kappa shape index (κ3) is 4.87. The Morgan fingerprint density at radius 2 is 1.11 bits per heavy atom. The fourth-order valence-electron chi connectivity index (χ4n) is 4.88. The molecule has 176 valence electrons. The van der Waals surface area contributed by atoms with Crippen molar-refractivity contribution in [3.63, 3.8) is 0 Å². The summed E-state index contributed by atoms with van der Waals surface area (Å²) in [5, 5.41) is 14.9. The Morgan fingerprint density at radius 3 is 1.46 bits per heavy atom. The number of hydrogen-bond acceptors (Lipinski definition) is 4. The molecule has 5 nitrogen and oxygen atoms in total. The number of nitrogens with zero attached hydrogens (tertiary/aromatic N) is 1. The SMILES string of the molecule is COC(=O)[C@H]([C@@H](C[N+](=O)[O-])c1ccccc1)[P+](c1ccccc1)(c1ccccc1)c1ccccc1. The minimum absolute atomic E-state index is 0.330. The lowest BCUT2D eigenvalue weighted by Gasteiger charge is -2.36. The molecule has 0 aromatic heterocycles. The lowest BCUT2D eigenvalue weighted by Crippen LogP contribution is -2.47. The van der Waals surface area contributed by atoms with Crippen LogP contribution in [0.5, 0.6) is 0 Å². The van der Waals surface area contributed by atoms with Crippen molar-refractivity contribution in [2.24, 2.45) is 0 Å². The summed E-state index contributed by atoms with van der Waals surface area (Å²) in [7, 11) is -1.43. The van der Waals surface area contributed by atoms with Gasteiger partial charge < -0.3 is 4.74 Å². The molecule has 0 heterocycles. The highest BCUT2D eigenvalue weighted by Gasteiger charge is 2.60. The molecule has 2 atom stereocenters. The van der Waals surface area contributed by atoms with Crippen molar-refractivity contribution < 1.29 is 14.5 Å². The van der Waals surface area contributed by atoms with Gasteiger partial charge in [-0.2, -0.15) is 0 Å². The van der Waals surface area contributed by atoms with E-state index in [0.717, 1.165) is 21.5 Å². The van der Waals surface area contributed by atoms with Crippen LogP contribution in [0.2, 0.25) is 0 Å². The monoisotopic (exact) mass is 484 g/mol. The second kappa shape index (κ2) is 11.1. The Kier molecular flexibility index (Phi) is 7.69.